The summed E-state index contributed by atoms with van der Waals surface area (Å²) in [5.41, 5.74) is 2.19. The third-order valence-electron chi connectivity index (χ3n) is 3.04. The van der Waals surface area contributed by atoms with Crippen LogP contribution in [0, 0.1) is 0 Å². The summed E-state index contributed by atoms with van der Waals surface area (Å²) in [7, 11) is 0. The summed E-state index contributed by atoms with van der Waals surface area (Å²) in [6.07, 6.45) is 0.858. The lowest BCUT2D eigenvalue weighted by Gasteiger charge is -2.19. The highest BCUT2D eigenvalue weighted by Crippen LogP contribution is 2.34. The molecule has 0 heterocycles. The zero-order valence-electron chi connectivity index (χ0n) is 11.8. The standard InChI is InChI=1S/C17H17BrOS/c1-17(2,3)13-5-7-14(8-6-13)20-16-9-4-12(11-19)10-15(16)18/h4-11H,1-3H3. The summed E-state index contributed by atoms with van der Waals surface area (Å²) in [6.45, 7) is 6.64. The lowest BCUT2D eigenvalue weighted by atomic mass is 9.87. The molecule has 0 fully saturated rings. The Kier molecular flexibility index (Phi) is 4.71. The molecule has 0 bridgehead atoms. The molecular formula is C17H17BrOS. The molecule has 0 radical (unpaired) electrons. The number of carbonyl (C=O) groups excluding carboxylic acids is 1. The maximum Gasteiger partial charge on any atom is 0.150 e. The number of benzene rings is 2. The van der Waals surface area contributed by atoms with Crippen molar-refractivity contribution in [2.45, 2.75) is 36.0 Å². The lowest BCUT2D eigenvalue weighted by Crippen LogP contribution is -2.10. The van der Waals surface area contributed by atoms with Crippen molar-refractivity contribution in [3.8, 4) is 0 Å². The van der Waals surface area contributed by atoms with Gasteiger partial charge in [0.1, 0.15) is 6.29 Å². The van der Waals surface area contributed by atoms with Crippen LogP contribution in [-0.4, -0.2) is 6.29 Å². The molecule has 0 aromatic heterocycles. The molecule has 3 heteroatoms. The zero-order chi connectivity index (χ0) is 14.8. The Morgan fingerprint density at radius 2 is 1.70 bits per heavy atom. The van der Waals surface area contributed by atoms with Crippen LogP contribution in [0.3, 0.4) is 0 Å². The van der Waals surface area contributed by atoms with Crippen molar-refractivity contribution in [3.05, 3.63) is 58.1 Å². The van der Waals surface area contributed by atoms with E-state index < -0.39 is 0 Å². The van der Waals surface area contributed by atoms with Crippen LogP contribution in [0.4, 0.5) is 0 Å². The Hall–Kier alpha value is -1.06. The first-order valence-electron chi connectivity index (χ1n) is 6.43. The smallest absolute Gasteiger partial charge is 0.150 e. The molecule has 2 aromatic carbocycles. The Morgan fingerprint density at radius 3 is 2.20 bits per heavy atom. The first-order chi connectivity index (χ1) is 9.40. The van der Waals surface area contributed by atoms with Crippen molar-refractivity contribution in [2.75, 3.05) is 0 Å². The number of carbonyl (C=O) groups is 1. The summed E-state index contributed by atoms with van der Waals surface area (Å²) >= 11 is 5.20. The van der Waals surface area contributed by atoms with Crippen LogP contribution >= 0.6 is 27.7 Å². The van der Waals surface area contributed by atoms with Crippen molar-refractivity contribution in [1.29, 1.82) is 0 Å². The van der Waals surface area contributed by atoms with Crippen LogP contribution < -0.4 is 0 Å². The van der Waals surface area contributed by atoms with Crippen LogP contribution in [0.15, 0.2) is 56.7 Å². The number of hydrogen-bond donors (Lipinski definition) is 0. The molecular weight excluding hydrogens is 332 g/mol. The van der Waals surface area contributed by atoms with E-state index >= 15 is 0 Å². The molecule has 20 heavy (non-hydrogen) atoms. The van der Waals surface area contributed by atoms with Gasteiger partial charge in [0.2, 0.25) is 0 Å². The van der Waals surface area contributed by atoms with E-state index in [0.717, 1.165) is 15.7 Å². The maximum atomic E-state index is 10.7. The minimum atomic E-state index is 0.176. The van der Waals surface area contributed by atoms with Crippen molar-refractivity contribution in [1.82, 2.24) is 0 Å². The molecule has 0 saturated heterocycles. The van der Waals surface area contributed by atoms with Crippen LogP contribution in [0.25, 0.3) is 0 Å². The van der Waals surface area contributed by atoms with Crippen molar-refractivity contribution in [2.24, 2.45) is 0 Å². The van der Waals surface area contributed by atoms with Gasteiger partial charge in [0.15, 0.2) is 0 Å². The van der Waals surface area contributed by atoms with Crippen LogP contribution in [-0.2, 0) is 5.41 Å². The third kappa shape index (κ3) is 3.74. The molecule has 0 aliphatic rings. The van der Waals surface area contributed by atoms with E-state index in [2.05, 4.69) is 61.0 Å². The minimum Gasteiger partial charge on any atom is -0.298 e. The predicted molar refractivity (Wildman–Crippen MR) is 88.8 cm³/mol. The normalized spacial score (nSPS) is 11.4. The van der Waals surface area contributed by atoms with Crippen molar-refractivity contribution >= 4 is 34.0 Å². The largest absolute Gasteiger partial charge is 0.298 e. The summed E-state index contributed by atoms with van der Waals surface area (Å²) in [5.74, 6) is 0. The van der Waals surface area contributed by atoms with Gasteiger partial charge in [-0.25, -0.2) is 0 Å². The Balaban J connectivity index is 2.20. The average molecular weight is 349 g/mol. The zero-order valence-corrected chi connectivity index (χ0v) is 14.2. The first kappa shape index (κ1) is 15.3. The number of hydrogen-bond acceptors (Lipinski definition) is 2. The van der Waals surface area contributed by atoms with Gasteiger partial charge in [0, 0.05) is 19.8 Å². The van der Waals surface area contributed by atoms with Gasteiger partial charge in [0.05, 0.1) is 0 Å². The Labute approximate surface area is 132 Å². The molecule has 0 saturated carbocycles. The highest BCUT2D eigenvalue weighted by Gasteiger charge is 2.13. The van der Waals surface area contributed by atoms with Crippen LogP contribution in [0.2, 0.25) is 0 Å². The van der Waals surface area contributed by atoms with Gasteiger partial charge >= 0.3 is 0 Å². The number of halogens is 1. The fourth-order valence-corrected chi connectivity index (χ4v) is 3.28. The van der Waals surface area contributed by atoms with E-state index in [1.807, 2.05) is 18.2 Å². The van der Waals surface area contributed by atoms with E-state index in [1.165, 1.54) is 10.5 Å². The van der Waals surface area contributed by atoms with E-state index in [4.69, 9.17) is 0 Å². The van der Waals surface area contributed by atoms with Crippen molar-refractivity contribution in [3.63, 3.8) is 0 Å². The quantitative estimate of drug-likeness (QED) is 0.660. The molecule has 0 unspecified atom stereocenters. The van der Waals surface area contributed by atoms with E-state index in [0.29, 0.717) is 5.56 Å². The second-order valence-electron chi connectivity index (χ2n) is 5.68. The molecule has 0 N–H and O–H groups in total. The van der Waals surface area contributed by atoms with Crippen molar-refractivity contribution < 1.29 is 4.79 Å². The van der Waals surface area contributed by atoms with Gasteiger partial charge in [-0.15, -0.1) is 0 Å². The minimum absolute atomic E-state index is 0.176. The molecule has 104 valence electrons. The fourth-order valence-electron chi connectivity index (χ4n) is 1.82. The second-order valence-corrected chi connectivity index (χ2v) is 7.65. The molecule has 2 rings (SSSR count). The maximum absolute atomic E-state index is 10.7. The second kappa shape index (κ2) is 6.15. The summed E-state index contributed by atoms with van der Waals surface area (Å²) in [6, 6.07) is 14.3. The number of aldehydes is 1. The molecule has 0 aliphatic carbocycles. The average Bonchev–Trinajstić information content (AvgIpc) is 2.40. The molecule has 0 spiro atoms. The third-order valence-corrected chi connectivity index (χ3v) is 5.04. The topological polar surface area (TPSA) is 17.1 Å². The molecule has 1 nitrogen and oxygen atoms in total. The molecule has 0 amide bonds. The molecule has 0 aliphatic heterocycles. The summed E-state index contributed by atoms with van der Waals surface area (Å²) < 4.78 is 0.951. The Bertz CT molecular complexity index is 612. The van der Waals surface area contributed by atoms with Gasteiger partial charge in [-0.3, -0.25) is 4.79 Å². The fraction of sp³-hybridized carbons (Fsp3) is 0.235. The van der Waals surface area contributed by atoms with Crippen LogP contribution in [0.1, 0.15) is 36.7 Å². The Morgan fingerprint density at radius 1 is 1.05 bits per heavy atom. The van der Waals surface area contributed by atoms with Gasteiger partial charge < -0.3 is 0 Å². The highest BCUT2D eigenvalue weighted by molar-refractivity contribution is 9.10. The van der Waals surface area contributed by atoms with Gasteiger partial charge in [0.25, 0.3) is 0 Å². The first-order valence-corrected chi connectivity index (χ1v) is 8.04. The summed E-state index contributed by atoms with van der Waals surface area (Å²) in [5, 5.41) is 0. The van der Waals surface area contributed by atoms with E-state index in [9.17, 15) is 4.79 Å². The van der Waals surface area contributed by atoms with E-state index in [1.54, 1.807) is 11.8 Å². The molecule has 2 aromatic rings. The van der Waals surface area contributed by atoms with Gasteiger partial charge in [-0.05, 0) is 51.2 Å². The highest BCUT2D eigenvalue weighted by atomic mass is 79.9. The predicted octanol–water partition coefficient (Wildman–Crippen LogP) is 5.71. The molecule has 0 atom stereocenters. The SMILES string of the molecule is CC(C)(C)c1ccc(Sc2ccc(C=O)cc2Br)cc1. The monoisotopic (exact) mass is 348 g/mol. The van der Waals surface area contributed by atoms with Gasteiger partial charge in [-0.1, -0.05) is 50.7 Å². The summed E-state index contributed by atoms with van der Waals surface area (Å²) in [4.78, 5) is 13.0. The van der Waals surface area contributed by atoms with Crippen LogP contribution in [0.5, 0.6) is 0 Å². The lowest BCUT2D eigenvalue weighted by molar-refractivity contribution is 0.112. The van der Waals surface area contributed by atoms with Gasteiger partial charge in [-0.2, -0.15) is 0 Å². The number of rotatable bonds is 3. The van der Waals surface area contributed by atoms with E-state index in [-0.39, 0.29) is 5.41 Å².